The van der Waals surface area contributed by atoms with Gasteiger partial charge in [0.15, 0.2) is 6.10 Å². The Hall–Kier alpha value is -3.67. The number of hydrogen-bond donors (Lipinski definition) is 0. The Labute approximate surface area is 407 Å². The van der Waals surface area contributed by atoms with Crippen molar-refractivity contribution in [2.45, 2.75) is 252 Å². The molecule has 0 amide bonds. The van der Waals surface area contributed by atoms with Crippen LogP contribution in [0.1, 0.15) is 245 Å². The third kappa shape index (κ3) is 51.3. The van der Waals surface area contributed by atoms with Crippen LogP contribution >= 0.6 is 0 Å². The Morgan fingerprint density at radius 3 is 1.11 bits per heavy atom. The average molecular weight is 917 g/mol. The number of carbonyl (C=O) groups is 3. The van der Waals surface area contributed by atoms with Gasteiger partial charge >= 0.3 is 17.9 Å². The van der Waals surface area contributed by atoms with E-state index >= 15 is 0 Å². The summed E-state index contributed by atoms with van der Waals surface area (Å²) in [4.78, 5) is 38.1. The fourth-order valence-corrected chi connectivity index (χ4v) is 7.33. The summed E-state index contributed by atoms with van der Waals surface area (Å²) in [6.45, 7) is 6.34. The van der Waals surface area contributed by atoms with Crippen molar-refractivity contribution in [2.75, 3.05) is 13.2 Å². The quantitative estimate of drug-likeness (QED) is 0.0199. The van der Waals surface area contributed by atoms with Crippen LogP contribution in [0.15, 0.2) is 97.2 Å². The van der Waals surface area contributed by atoms with E-state index in [2.05, 4.69) is 118 Å². The fraction of sp³-hybridized carbons (Fsp3) is 0.683. The van der Waals surface area contributed by atoms with E-state index in [4.69, 9.17) is 14.2 Å². The monoisotopic (exact) mass is 917 g/mol. The van der Waals surface area contributed by atoms with Crippen LogP contribution in [0.5, 0.6) is 0 Å². The van der Waals surface area contributed by atoms with Crippen LogP contribution < -0.4 is 0 Å². The highest BCUT2D eigenvalue weighted by Crippen LogP contribution is 2.15. The molecule has 0 fully saturated rings. The lowest BCUT2D eigenvalue weighted by molar-refractivity contribution is -0.167. The van der Waals surface area contributed by atoms with Crippen molar-refractivity contribution >= 4 is 17.9 Å². The molecule has 1 atom stereocenters. The average Bonchev–Trinajstić information content (AvgIpc) is 3.31. The normalized spacial score (nSPS) is 12.8. The summed E-state index contributed by atoms with van der Waals surface area (Å²) in [5.41, 5.74) is 0. The first-order chi connectivity index (χ1) is 32.5. The van der Waals surface area contributed by atoms with Crippen molar-refractivity contribution in [3.8, 4) is 0 Å². The third-order valence-electron chi connectivity index (χ3n) is 11.4. The summed E-state index contributed by atoms with van der Waals surface area (Å²) in [6, 6.07) is 0. The minimum absolute atomic E-state index is 0.0922. The van der Waals surface area contributed by atoms with Crippen molar-refractivity contribution in [1.29, 1.82) is 0 Å². The molecule has 376 valence electrons. The number of esters is 3. The molecule has 0 heterocycles. The molecule has 0 aliphatic heterocycles. The topological polar surface area (TPSA) is 78.9 Å². The van der Waals surface area contributed by atoms with Gasteiger partial charge in [0.1, 0.15) is 13.2 Å². The van der Waals surface area contributed by atoms with Gasteiger partial charge in [-0.2, -0.15) is 0 Å². The predicted octanol–water partition coefficient (Wildman–Crippen LogP) is 18.1. The lowest BCUT2D eigenvalue weighted by Crippen LogP contribution is -2.30. The van der Waals surface area contributed by atoms with Gasteiger partial charge in [0.25, 0.3) is 0 Å². The molecule has 0 rings (SSSR count). The zero-order chi connectivity index (χ0) is 47.9. The largest absolute Gasteiger partial charge is 0.462 e. The second-order valence-electron chi connectivity index (χ2n) is 17.8. The number of hydrogen-bond acceptors (Lipinski definition) is 6. The van der Waals surface area contributed by atoms with Crippen LogP contribution in [-0.4, -0.2) is 37.2 Å². The molecule has 0 aliphatic carbocycles. The molecule has 0 bridgehead atoms. The van der Waals surface area contributed by atoms with Crippen molar-refractivity contribution in [3.05, 3.63) is 97.2 Å². The van der Waals surface area contributed by atoms with Gasteiger partial charge in [-0.15, -0.1) is 0 Å². The van der Waals surface area contributed by atoms with Crippen LogP contribution in [0.2, 0.25) is 0 Å². The van der Waals surface area contributed by atoms with Gasteiger partial charge in [0, 0.05) is 19.3 Å². The van der Waals surface area contributed by atoms with E-state index in [1.165, 1.54) is 89.9 Å². The zero-order valence-corrected chi connectivity index (χ0v) is 42.9. The maximum absolute atomic E-state index is 12.8. The van der Waals surface area contributed by atoms with Crippen LogP contribution in [0, 0.1) is 0 Å². The van der Waals surface area contributed by atoms with E-state index in [1.807, 2.05) is 0 Å². The maximum Gasteiger partial charge on any atom is 0.306 e. The van der Waals surface area contributed by atoms with Crippen LogP contribution in [0.3, 0.4) is 0 Å². The Bertz CT molecular complexity index is 1330. The predicted molar refractivity (Wildman–Crippen MR) is 284 cm³/mol. The molecule has 0 aromatic rings. The first-order valence-corrected chi connectivity index (χ1v) is 27.3. The lowest BCUT2D eigenvalue weighted by atomic mass is 10.1. The van der Waals surface area contributed by atoms with E-state index < -0.39 is 6.10 Å². The minimum atomic E-state index is -0.795. The highest BCUT2D eigenvalue weighted by molar-refractivity contribution is 5.71. The summed E-state index contributed by atoms with van der Waals surface area (Å²) in [7, 11) is 0. The molecule has 0 aromatic heterocycles. The Balaban J connectivity index is 4.41. The van der Waals surface area contributed by atoms with E-state index in [0.29, 0.717) is 19.3 Å². The van der Waals surface area contributed by atoms with Gasteiger partial charge in [-0.1, -0.05) is 227 Å². The summed E-state index contributed by atoms with van der Waals surface area (Å²) < 4.78 is 16.8. The van der Waals surface area contributed by atoms with E-state index in [9.17, 15) is 14.4 Å². The Morgan fingerprint density at radius 1 is 0.333 bits per heavy atom. The second kappa shape index (κ2) is 53.9. The standard InChI is InChI=1S/C60H100O6/c1-4-7-10-13-16-19-22-25-27-29-30-31-33-35-38-41-44-47-50-53-59(62)65-56-57(55-64-58(61)52-49-46-43-40-37-34-24-21-18-15-12-9-6-3)66-60(63)54-51-48-45-42-39-36-32-28-26-23-20-17-14-11-8-5-2/h8-9,11-12,15-22,24-26,28,57H,4-7,10,13-14,23,27,29-56H2,1-3H3/b11-8-,12-9-,18-15-,19-16-,20-17-,24-21-,25-22-,28-26-. The van der Waals surface area contributed by atoms with Gasteiger partial charge in [0.2, 0.25) is 0 Å². The van der Waals surface area contributed by atoms with Gasteiger partial charge < -0.3 is 14.2 Å². The SMILES string of the molecule is CC\C=C/C=C\C=C/CCCCCCCC(=O)OCC(COC(=O)CCCCCCCCCCCC/C=C\C=C/CCCCC)OC(=O)CCCCCCCC/C=C\C/C=C\C/C=C\CC. The molecule has 6 heteroatoms. The maximum atomic E-state index is 12.8. The number of ether oxygens (including phenoxy) is 3. The number of allylic oxidation sites excluding steroid dienone is 16. The highest BCUT2D eigenvalue weighted by Gasteiger charge is 2.19. The van der Waals surface area contributed by atoms with Crippen molar-refractivity contribution in [1.82, 2.24) is 0 Å². The van der Waals surface area contributed by atoms with Gasteiger partial charge in [-0.25, -0.2) is 0 Å². The summed E-state index contributed by atoms with van der Waals surface area (Å²) in [6.07, 6.45) is 71.0. The second-order valence-corrected chi connectivity index (χ2v) is 17.8. The molecule has 66 heavy (non-hydrogen) atoms. The van der Waals surface area contributed by atoms with E-state index in [1.54, 1.807) is 0 Å². The van der Waals surface area contributed by atoms with Crippen LogP contribution in [0.25, 0.3) is 0 Å². The first kappa shape index (κ1) is 62.3. The molecule has 0 aromatic carbocycles. The molecule has 0 N–H and O–H groups in total. The summed E-state index contributed by atoms with van der Waals surface area (Å²) in [5.74, 6) is -0.930. The molecule has 1 unspecified atom stereocenters. The molecule has 0 radical (unpaired) electrons. The molecular weight excluding hydrogens is 817 g/mol. The van der Waals surface area contributed by atoms with E-state index in [0.717, 1.165) is 116 Å². The van der Waals surface area contributed by atoms with Gasteiger partial charge in [-0.05, 0) is 96.3 Å². The Kier molecular flexibility index (Phi) is 50.9. The summed E-state index contributed by atoms with van der Waals surface area (Å²) in [5, 5.41) is 0. The smallest absolute Gasteiger partial charge is 0.306 e. The molecule has 0 aliphatic rings. The highest BCUT2D eigenvalue weighted by atomic mass is 16.6. The molecular formula is C60H100O6. The van der Waals surface area contributed by atoms with Crippen molar-refractivity contribution < 1.29 is 28.6 Å². The summed E-state index contributed by atoms with van der Waals surface area (Å²) >= 11 is 0. The van der Waals surface area contributed by atoms with Gasteiger partial charge in [-0.3, -0.25) is 14.4 Å². The zero-order valence-electron chi connectivity index (χ0n) is 42.9. The van der Waals surface area contributed by atoms with Crippen molar-refractivity contribution in [3.63, 3.8) is 0 Å². The lowest BCUT2D eigenvalue weighted by Gasteiger charge is -2.18. The minimum Gasteiger partial charge on any atom is -0.462 e. The fourth-order valence-electron chi connectivity index (χ4n) is 7.33. The van der Waals surface area contributed by atoms with Crippen molar-refractivity contribution in [2.24, 2.45) is 0 Å². The van der Waals surface area contributed by atoms with Crippen LogP contribution in [-0.2, 0) is 28.6 Å². The third-order valence-corrected chi connectivity index (χ3v) is 11.4. The van der Waals surface area contributed by atoms with Crippen LogP contribution in [0.4, 0.5) is 0 Å². The molecule has 0 saturated carbocycles. The number of unbranched alkanes of at least 4 members (excludes halogenated alkanes) is 24. The molecule has 0 spiro atoms. The Morgan fingerprint density at radius 2 is 0.667 bits per heavy atom. The number of carbonyl (C=O) groups excluding carboxylic acids is 3. The van der Waals surface area contributed by atoms with Gasteiger partial charge in [0.05, 0.1) is 0 Å². The molecule has 6 nitrogen and oxygen atoms in total. The molecule has 0 saturated heterocycles. The van der Waals surface area contributed by atoms with E-state index in [-0.39, 0.29) is 31.1 Å². The number of rotatable bonds is 48. The first-order valence-electron chi connectivity index (χ1n) is 27.3.